The van der Waals surface area contributed by atoms with Gasteiger partial charge in [0, 0.05) is 34.7 Å². The Labute approximate surface area is 196 Å². The maximum absolute atomic E-state index is 12.5. The normalized spacial score (nSPS) is 14.2. The summed E-state index contributed by atoms with van der Waals surface area (Å²) in [6.45, 7) is 5.75. The number of carbonyl (C=O) groups excluding carboxylic acids is 2. The Kier molecular flexibility index (Phi) is 7.26. The molecule has 3 amide bonds. The number of nitrogens with one attached hydrogen (secondary N) is 2. The first-order valence-electron chi connectivity index (χ1n) is 10.8. The van der Waals surface area contributed by atoms with Crippen molar-refractivity contribution in [2.45, 2.75) is 44.6 Å². The summed E-state index contributed by atoms with van der Waals surface area (Å²) in [6, 6.07) is 7.16. The van der Waals surface area contributed by atoms with Crippen molar-refractivity contribution in [2.75, 3.05) is 29.5 Å². The summed E-state index contributed by atoms with van der Waals surface area (Å²) in [4.78, 5) is 37.7. The lowest BCUT2D eigenvalue weighted by atomic mass is 10.2. The van der Waals surface area contributed by atoms with Crippen molar-refractivity contribution in [3.8, 4) is 0 Å². The molecule has 0 atom stereocenters. The number of amides is 3. The lowest BCUT2D eigenvalue weighted by Crippen LogP contribution is -2.35. The van der Waals surface area contributed by atoms with Gasteiger partial charge < -0.3 is 15.5 Å². The van der Waals surface area contributed by atoms with Gasteiger partial charge in [-0.1, -0.05) is 24.6 Å². The molecule has 1 aromatic carbocycles. The highest BCUT2D eigenvalue weighted by molar-refractivity contribution is 8.00. The fourth-order valence-electron chi connectivity index (χ4n) is 3.70. The number of urea groups is 1. The van der Waals surface area contributed by atoms with Crippen LogP contribution >= 0.6 is 23.1 Å². The van der Waals surface area contributed by atoms with E-state index in [0.717, 1.165) is 46.9 Å². The van der Waals surface area contributed by atoms with Crippen LogP contribution in [-0.2, 0) is 4.79 Å². The Bertz CT molecular complexity index is 1110. The van der Waals surface area contributed by atoms with Crippen LogP contribution < -0.4 is 10.6 Å². The van der Waals surface area contributed by atoms with Crippen LogP contribution in [0.1, 0.15) is 36.1 Å². The molecule has 1 aliphatic rings. The van der Waals surface area contributed by atoms with Gasteiger partial charge in [-0.15, -0.1) is 11.3 Å². The van der Waals surface area contributed by atoms with E-state index in [1.54, 1.807) is 29.8 Å². The molecule has 4 rings (SSSR count). The van der Waals surface area contributed by atoms with Crippen LogP contribution in [0.5, 0.6) is 0 Å². The molecule has 0 radical (unpaired) electrons. The van der Waals surface area contributed by atoms with Gasteiger partial charge in [-0.3, -0.25) is 4.79 Å². The van der Waals surface area contributed by atoms with Gasteiger partial charge in [0.05, 0.1) is 5.75 Å². The van der Waals surface area contributed by atoms with Gasteiger partial charge in [0.2, 0.25) is 5.91 Å². The molecule has 2 N–H and O–H groups in total. The van der Waals surface area contributed by atoms with Crippen molar-refractivity contribution in [1.82, 2.24) is 14.9 Å². The molecule has 1 aliphatic heterocycles. The number of aryl methyl sites for hydroxylation is 2. The number of hydrogen-bond acceptors (Lipinski definition) is 6. The minimum Gasteiger partial charge on any atom is -0.325 e. The predicted octanol–water partition coefficient (Wildman–Crippen LogP) is 5.45. The second kappa shape index (κ2) is 10.3. The van der Waals surface area contributed by atoms with E-state index in [9.17, 15) is 9.59 Å². The van der Waals surface area contributed by atoms with E-state index >= 15 is 0 Å². The Hall–Kier alpha value is -2.65. The van der Waals surface area contributed by atoms with E-state index in [1.165, 1.54) is 35.0 Å². The van der Waals surface area contributed by atoms with Gasteiger partial charge in [-0.2, -0.15) is 0 Å². The van der Waals surface area contributed by atoms with Crippen molar-refractivity contribution in [3.05, 3.63) is 41.0 Å². The quantitative estimate of drug-likeness (QED) is 0.383. The van der Waals surface area contributed by atoms with Gasteiger partial charge in [0.1, 0.15) is 16.2 Å². The number of nitrogens with zero attached hydrogens (tertiary/aromatic N) is 3. The molecular weight excluding hydrogens is 442 g/mol. The Balaban J connectivity index is 1.31. The highest BCUT2D eigenvalue weighted by Crippen LogP contribution is 2.34. The SMILES string of the molecule is Cc1sc2ncnc(SCC(=O)Nc3ccc(NC(=O)N4CCCCCC4)cc3)c2c1C. The molecule has 0 unspecified atom stereocenters. The number of anilines is 2. The van der Waals surface area contributed by atoms with Crippen LogP contribution in [0, 0.1) is 13.8 Å². The number of benzene rings is 1. The van der Waals surface area contributed by atoms with Gasteiger partial charge >= 0.3 is 6.03 Å². The molecule has 2 aromatic heterocycles. The first-order chi connectivity index (χ1) is 15.5. The fraction of sp³-hybridized carbons (Fsp3) is 0.391. The smallest absolute Gasteiger partial charge is 0.321 e. The first kappa shape index (κ1) is 22.5. The summed E-state index contributed by atoms with van der Waals surface area (Å²) in [5, 5.41) is 7.73. The molecule has 0 aliphatic carbocycles. The van der Waals surface area contributed by atoms with E-state index in [4.69, 9.17) is 0 Å². The Morgan fingerprint density at radius 1 is 1.00 bits per heavy atom. The number of hydrogen-bond donors (Lipinski definition) is 2. The van der Waals surface area contributed by atoms with Crippen molar-refractivity contribution in [1.29, 1.82) is 0 Å². The number of fused-ring (bicyclic) bond motifs is 1. The third kappa shape index (κ3) is 5.39. The first-order valence-corrected chi connectivity index (χ1v) is 12.6. The summed E-state index contributed by atoms with van der Waals surface area (Å²) in [5.74, 6) is 0.154. The summed E-state index contributed by atoms with van der Waals surface area (Å²) in [6.07, 6.45) is 6.04. The molecule has 9 heteroatoms. The molecule has 1 saturated heterocycles. The van der Waals surface area contributed by atoms with E-state index in [0.29, 0.717) is 5.69 Å². The Morgan fingerprint density at radius 2 is 1.66 bits per heavy atom. The predicted molar refractivity (Wildman–Crippen MR) is 132 cm³/mol. The van der Waals surface area contributed by atoms with Crippen molar-refractivity contribution >= 4 is 56.6 Å². The summed E-state index contributed by atoms with van der Waals surface area (Å²) in [5.41, 5.74) is 2.59. The van der Waals surface area contributed by atoms with E-state index in [1.807, 2.05) is 17.0 Å². The zero-order valence-electron chi connectivity index (χ0n) is 18.3. The average Bonchev–Trinajstić information content (AvgIpc) is 2.97. The monoisotopic (exact) mass is 469 g/mol. The fourth-order valence-corrected chi connectivity index (χ4v) is 5.62. The second-order valence-electron chi connectivity index (χ2n) is 7.89. The summed E-state index contributed by atoms with van der Waals surface area (Å²) < 4.78 is 0. The lowest BCUT2D eigenvalue weighted by molar-refractivity contribution is -0.113. The van der Waals surface area contributed by atoms with Gasteiger partial charge in [0.15, 0.2) is 0 Å². The molecule has 7 nitrogen and oxygen atoms in total. The maximum Gasteiger partial charge on any atom is 0.321 e. The third-order valence-electron chi connectivity index (χ3n) is 5.58. The zero-order valence-corrected chi connectivity index (χ0v) is 19.9. The minimum atomic E-state index is -0.104. The van der Waals surface area contributed by atoms with E-state index in [2.05, 4.69) is 34.4 Å². The molecule has 32 heavy (non-hydrogen) atoms. The van der Waals surface area contributed by atoms with Gasteiger partial charge in [-0.05, 0) is 56.5 Å². The maximum atomic E-state index is 12.5. The molecule has 0 saturated carbocycles. The number of thioether (sulfide) groups is 1. The van der Waals surface area contributed by atoms with E-state index < -0.39 is 0 Å². The highest BCUT2D eigenvalue weighted by Gasteiger charge is 2.16. The third-order valence-corrected chi connectivity index (χ3v) is 7.69. The Morgan fingerprint density at radius 3 is 2.34 bits per heavy atom. The largest absolute Gasteiger partial charge is 0.325 e. The van der Waals surface area contributed by atoms with Crippen LogP contribution in [0.25, 0.3) is 10.2 Å². The van der Waals surface area contributed by atoms with Crippen LogP contribution in [0.15, 0.2) is 35.6 Å². The number of aromatic nitrogens is 2. The van der Waals surface area contributed by atoms with Crippen molar-refractivity contribution in [3.63, 3.8) is 0 Å². The molecular formula is C23H27N5O2S2. The highest BCUT2D eigenvalue weighted by atomic mass is 32.2. The molecule has 0 spiro atoms. The van der Waals surface area contributed by atoms with Crippen LogP contribution in [0.4, 0.5) is 16.2 Å². The standard InChI is InChI=1S/C23H27N5O2S2/c1-15-16(2)32-22-20(15)21(24-14-25-22)31-13-19(29)26-17-7-9-18(10-8-17)27-23(30)28-11-5-3-4-6-12-28/h7-10,14H,3-6,11-13H2,1-2H3,(H,26,29)(H,27,30). The topological polar surface area (TPSA) is 87.2 Å². The lowest BCUT2D eigenvalue weighted by Gasteiger charge is -2.20. The summed E-state index contributed by atoms with van der Waals surface area (Å²) >= 11 is 3.06. The molecule has 3 heterocycles. The minimum absolute atomic E-state index is 0.0600. The zero-order chi connectivity index (χ0) is 22.5. The van der Waals surface area contributed by atoms with Crippen molar-refractivity contribution in [2.24, 2.45) is 0 Å². The van der Waals surface area contributed by atoms with Crippen molar-refractivity contribution < 1.29 is 9.59 Å². The van der Waals surface area contributed by atoms with Crippen LogP contribution in [0.2, 0.25) is 0 Å². The molecule has 1 fully saturated rings. The van der Waals surface area contributed by atoms with Crippen LogP contribution in [-0.4, -0.2) is 45.6 Å². The molecule has 3 aromatic rings. The number of likely N-dealkylation sites (tertiary alicyclic amines) is 1. The number of thiophene rings is 1. The molecule has 168 valence electrons. The number of rotatable bonds is 5. The number of carbonyl (C=O) groups is 2. The van der Waals surface area contributed by atoms with Gasteiger partial charge in [-0.25, -0.2) is 14.8 Å². The summed E-state index contributed by atoms with van der Waals surface area (Å²) in [7, 11) is 0. The van der Waals surface area contributed by atoms with Crippen LogP contribution in [0.3, 0.4) is 0 Å². The van der Waals surface area contributed by atoms with Gasteiger partial charge in [0.25, 0.3) is 0 Å². The molecule has 0 bridgehead atoms. The van der Waals surface area contributed by atoms with E-state index in [-0.39, 0.29) is 17.7 Å². The second-order valence-corrected chi connectivity index (χ2v) is 10.1. The average molecular weight is 470 g/mol.